The summed E-state index contributed by atoms with van der Waals surface area (Å²) in [5.74, 6) is 0. The average molecular weight is 220 g/mol. The molecule has 0 bridgehead atoms. The summed E-state index contributed by atoms with van der Waals surface area (Å²) in [4.78, 5) is 0. The summed E-state index contributed by atoms with van der Waals surface area (Å²) in [6, 6.07) is 6.33. The van der Waals surface area contributed by atoms with Crippen molar-refractivity contribution >= 4 is 11.6 Å². The van der Waals surface area contributed by atoms with Crippen molar-refractivity contribution in [2.45, 2.75) is 11.6 Å². The van der Waals surface area contributed by atoms with Gasteiger partial charge < -0.3 is 0 Å². The Balaban J connectivity index is 3.25. The van der Waals surface area contributed by atoms with Gasteiger partial charge in [-0.3, -0.25) is 0 Å². The van der Waals surface area contributed by atoms with Crippen LogP contribution < -0.4 is 0 Å². The Morgan fingerprint density at radius 3 is 2.36 bits per heavy atom. The number of alkyl halides is 4. The second-order valence-electron chi connectivity index (χ2n) is 2.58. The van der Waals surface area contributed by atoms with Crippen molar-refractivity contribution in [3.8, 4) is 6.07 Å². The largest absolute Gasteiger partial charge is 0.416 e. The Morgan fingerprint density at radius 1 is 1.29 bits per heavy atom. The number of benzene rings is 1. The van der Waals surface area contributed by atoms with Crippen LogP contribution in [-0.2, 0) is 6.18 Å². The number of halogens is 4. The van der Waals surface area contributed by atoms with E-state index >= 15 is 0 Å². The first kappa shape index (κ1) is 10.9. The lowest BCUT2D eigenvalue weighted by Crippen LogP contribution is -2.09. The van der Waals surface area contributed by atoms with E-state index in [1.165, 1.54) is 18.2 Å². The van der Waals surface area contributed by atoms with Crippen LogP contribution in [0.4, 0.5) is 13.2 Å². The molecule has 1 rings (SSSR count). The minimum Gasteiger partial charge on any atom is -0.196 e. The third-order valence-electron chi connectivity index (χ3n) is 1.65. The SMILES string of the molecule is N#C[C@H](Cl)c1ccccc1C(F)(F)F. The maximum absolute atomic E-state index is 12.4. The lowest BCUT2D eigenvalue weighted by Gasteiger charge is -2.12. The zero-order valence-corrected chi connectivity index (χ0v) is 7.60. The smallest absolute Gasteiger partial charge is 0.196 e. The highest BCUT2D eigenvalue weighted by atomic mass is 35.5. The first-order valence-electron chi connectivity index (χ1n) is 3.66. The van der Waals surface area contributed by atoms with Gasteiger partial charge in [0.25, 0.3) is 0 Å². The van der Waals surface area contributed by atoms with E-state index < -0.39 is 17.1 Å². The quantitative estimate of drug-likeness (QED) is 0.663. The fraction of sp³-hybridized carbons (Fsp3) is 0.222. The Labute approximate surface area is 83.7 Å². The Kier molecular flexibility index (Phi) is 3.02. The molecule has 0 saturated carbocycles. The number of hydrogen-bond donors (Lipinski definition) is 0. The van der Waals surface area contributed by atoms with Gasteiger partial charge in [-0.25, -0.2) is 0 Å². The van der Waals surface area contributed by atoms with Crippen LogP contribution in [0.3, 0.4) is 0 Å². The van der Waals surface area contributed by atoms with Gasteiger partial charge in [0.2, 0.25) is 0 Å². The highest BCUT2D eigenvalue weighted by molar-refractivity contribution is 6.22. The molecule has 0 fully saturated rings. The van der Waals surface area contributed by atoms with E-state index in [0.29, 0.717) is 0 Å². The van der Waals surface area contributed by atoms with Gasteiger partial charge in [0, 0.05) is 0 Å². The van der Waals surface area contributed by atoms with E-state index in [-0.39, 0.29) is 5.56 Å². The summed E-state index contributed by atoms with van der Waals surface area (Å²) in [6.45, 7) is 0. The van der Waals surface area contributed by atoms with Gasteiger partial charge in [-0.1, -0.05) is 18.2 Å². The molecule has 1 aromatic rings. The molecule has 0 aliphatic heterocycles. The monoisotopic (exact) mass is 219 g/mol. The molecular formula is C9H5ClF3N. The van der Waals surface area contributed by atoms with E-state index in [4.69, 9.17) is 16.9 Å². The van der Waals surface area contributed by atoms with E-state index in [2.05, 4.69) is 0 Å². The number of hydrogen-bond acceptors (Lipinski definition) is 1. The van der Waals surface area contributed by atoms with Crippen molar-refractivity contribution in [3.63, 3.8) is 0 Å². The average Bonchev–Trinajstić information content (AvgIpc) is 2.15. The van der Waals surface area contributed by atoms with Crippen LogP contribution in [0.1, 0.15) is 16.5 Å². The van der Waals surface area contributed by atoms with Crippen LogP contribution in [0.5, 0.6) is 0 Å². The molecule has 5 heteroatoms. The Hall–Kier alpha value is -1.21. The fourth-order valence-electron chi connectivity index (χ4n) is 1.05. The first-order valence-corrected chi connectivity index (χ1v) is 4.10. The van der Waals surface area contributed by atoms with Crippen molar-refractivity contribution in [1.82, 2.24) is 0 Å². The minimum atomic E-state index is -4.47. The molecule has 74 valence electrons. The van der Waals surface area contributed by atoms with Crippen molar-refractivity contribution in [3.05, 3.63) is 35.4 Å². The number of nitriles is 1. The second kappa shape index (κ2) is 3.89. The fourth-order valence-corrected chi connectivity index (χ4v) is 1.24. The zero-order chi connectivity index (χ0) is 10.8. The van der Waals surface area contributed by atoms with E-state index in [0.717, 1.165) is 6.07 Å². The molecule has 0 heterocycles. The molecular weight excluding hydrogens is 215 g/mol. The van der Waals surface area contributed by atoms with Gasteiger partial charge >= 0.3 is 6.18 Å². The third-order valence-corrected chi connectivity index (χ3v) is 1.99. The molecule has 0 N–H and O–H groups in total. The molecule has 0 aromatic heterocycles. The lowest BCUT2D eigenvalue weighted by molar-refractivity contribution is -0.138. The first-order chi connectivity index (χ1) is 6.46. The van der Waals surface area contributed by atoms with Gasteiger partial charge in [-0.2, -0.15) is 18.4 Å². The maximum atomic E-state index is 12.4. The van der Waals surface area contributed by atoms with Gasteiger partial charge in [-0.15, -0.1) is 11.6 Å². The number of nitrogens with zero attached hydrogens (tertiary/aromatic N) is 1. The van der Waals surface area contributed by atoms with Crippen molar-refractivity contribution in [2.24, 2.45) is 0 Å². The van der Waals surface area contributed by atoms with Crippen LogP contribution in [0.15, 0.2) is 24.3 Å². The maximum Gasteiger partial charge on any atom is 0.416 e. The second-order valence-corrected chi connectivity index (χ2v) is 3.01. The molecule has 0 radical (unpaired) electrons. The minimum absolute atomic E-state index is 0.204. The summed E-state index contributed by atoms with van der Waals surface area (Å²) in [6.07, 6.45) is -4.47. The molecule has 0 amide bonds. The molecule has 0 aliphatic rings. The topological polar surface area (TPSA) is 23.8 Å². The molecule has 1 aromatic carbocycles. The summed E-state index contributed by atoms with van der Waals surface area (Å²) in [7, 11) is 0. The Morgan fingerprint density at radius 2 is 1.86 bits per heavy atom. The lowest BCUT2D eigenvalue weighted by atomic mass is 10.0. The van der Waals surface area contributed by atoms with Crippen LogP contribution in [0, 0.1) is 11.3 Å². The summed E-state index contributed by atoms with van der Waals surface area (Å²) >= 11 is 5.44. The summed E-state index contributed by atoms with van der Waals surface area (Å²) < 4.78 is 37.1. The van der Waals surface area contributed by atoms with E-state index in [9.17, 15) is 13.2 Å². The molecule has 0 aliphatic carbocycles. The molecule has 1 nitrogen and oxygen atoms in total. The highest BCUT2D eigenvalue weighted by Crippen LogP contribution is 2.35. The highest BCUT2D eigenvalue weighted by Gasteiger charge is 2.34. The zero-order valence-electron chi connectivity index (χ0n) is 6.85. The number of rotatable bonds is 1. The van der Waals surface area contributed by atoms with Gasteiger partial charge in [0.1, 0.15) is 5.38 Å². The summed E-state index contributed by atoms with van der Waals surface area (Å²) in [5.41, 5.74) is -1.06. The van der Waals surface area contributed by atoms with Crippen molar-refractivity contribution < 1.29 is 13.2 Å². The van der Waals surface area contributed by atoms with Gasteiger partial charge in [0.15, 0.2) is 0 Å². The molecule has 0 spiro atoms. The van der Waals surface area contributed by atoms with E-state index in [1.807, 2.05) is 0 Å². The molecule has 0 saturated heterocycles. The van der Waals surface area contributed by atoms with Gasteiger partial charge in [-0.05, 0) is 11.6 Å². The van der Waals surface area contributed by atoms with Gasteiger partial charge in [0.05, 0.1) is 11.6 Å². The van der Waals surface area contributed by atoms with Crippen LogP contribution in [0.25, 0.3) is 0 Å². The van der Waals surface area contributed by atoms with Crippen LogP contribution in [-0.4, -0.2) is 0 Å². The molecule has 14 heavy (non-hydrogen) atoms. The molecule has 0 unspecified atom stereocenters. The summed E-state index contributed by atoms with van der Waals surface area (Å²) in [5, 5.41) is 7.16. The Bertz CT molecular complexity index is 367. The third kappa shape index (κ3) is 2.18. The normalized spacial score (nSPS) is 13.4. The predicted octanol–water partition coefficient (Wildman–Crippen LogP) is 3.51. The van der Waals surface area contributed by atoms with Crippen molar-refractivity contribution in [2.75, 3.05) is 0 Å². The standard InChI is InChI=1S/C9H5ClF3N/c10-8(5-14)6-3-1-2-4-7(6)9(11,12)13/h1-4,8H/t8-/m0/s1. The van der Waals surface area contributed by atoms with E-state index in [1.54, 1.807) is 6.07 Å². The van der Waals surface area contributed by atoms with Crippen molar-refractivity contribution in [1.29, 1.82) is 5.26 Å². The predicted molar refractivity (Wildman–Crippen MR) is 45.7 cm³/mol. The van der Waals surface area contributed by atoms with Crippen LogP contribution in [0.2, 0.25) is 0 Å². The van der Waals surface area contributed by atoms with Crippen LogP contribution >= 0.6 is 11.6 Å². The molecule has 1 atom stereocenters.